The van der Waals surface area contributed by atoms with Crippen LogP contribution in [0.15, 0.2) is 41.9 Å². The maximum Gasteiger partial charge on any atom is 0.232 e. The van der Waals surface area contributed by atoms with E-state index in [-0.39, 0.29) is 6.04 Å². The zero-order valence-corrected chi connectivity index (χ0v) is 17.3. The summed E-state index contributed by atoms with van der Waals surface area (Å²) in [6.07, 6.45) is 3.64. The second-order valence-electron chi connectivity index (χ2n) is 6.71. The molecule has 0 spiro atoms. The number of thiazole rings is 1. The summed E-state index contributed by atoms with van der Waals surface area (Å²) >= 11 is 1.50. The second-order valence-corrected chi connectivity index (χ2v) is 9.43. The molecule has 7 nitrogen and oxygen atoms in total. The first-order chi connectivity index (χ1) is 13.3. The summed E-state index contributed by atoms with van der Waals surface area (Å²) in [7, 11) is -1.70. The lowest BCUT2D eigenvalue weighted by Gasteiger charge is -2.21. The summed E-state index contributed by atoms with van der Waals surface area (Å²) in [5, 5.41) is 5.97. The number of hydrogen-bond acceptors (Lipinski definition) is 7. The quantitative estimate of drug-likeness (QED) is 0.683. The maximum absolute atomic E-state index is 12.1. The van der Waals surface area contributed by atoms with Gasteiger partial charge in [0, 0.05) is 23.1 Å². The van der Waals surface area contributed by atoms with E-state index in [2.05, 4.69) is 15.3 Å². The van der Waals surface area contributed by atoms with Crippen molar-refractivity contribution in [1.82, 2.24) is 9.97 Å². The standard InChI is InChI=1S/C19H20N4O3S2/c1-12-8-14-9-13(4-6-17(14)23(12)28(3,24)25)16-11-27-19(22-16)21-15-5-7-18(26-2)20-10-15/h4-7,9-12H,8H2,1-3H3,(H,21,22). The fourth-order valence-electron chi connectivity index (χ4n) is 3.43. The average Bonchev–Trinajstić information content (AvgIpc) is 3.24. The minimum absolute atomic E-state index is 0.0736. The topological polar surface area (TPSA) is 84.4 Å². The number of aromatic nitrogens is 2. The van der Waals surface area contributed by atoms with Crippen molar-refractivity contribution in [2.45, 2.75) is 19.4 Å². The van der Waals surface area contributed by atoms with Crippen molar-refractivity contribution in [1.29, 1.82) is 0 Å². The minimum atomic E-state index is -3.28. The lowest BCUT2D eigenvalue weighted by Crippen LogP contribution is -2.34. The van der Waals surface area contributed by atoms with Crippen molar-refractivity contribution in [3.8, 4) is 17.1 Å². The van der Waals surface area contributed by atoms with Crippen LogP contribution in [0.25, 0.3) is 11.3 Å². The van der Waals surface area contributed by atoms with E-state index in [4.69, 9.17) is 4.74 Å². The minimum Gasteiger partial charge on any atom is -0.481 e. The van der Waals surface area contributed by atoms with Crippen LogP contribution in [0.4, 0.5) is 16.5 Å². The van der Waals surface area contributed by atoms with Gasteiger partial charge < -0.3 is 10.1 Å². The van der Waals surface area contributed by atoms with Crippen LogP contribution in [0.2, 0.25) is 0 Å². The van der Waals surface area contributed by atoms with Crippen LogP contribution in [0.5, 0.6) is 5.88 Å². The van der Waals surface area contributed by atoms with Crippen LogP contribution in [-0.2, 0) is 16.4 Å². The molecule has 0 saturated carbocycles. The molecule has 1 N–H and O–H groups in total. The van der Waals surface area contributed by atoms with Crippen molar-refractivity contribution in [3.63, 3.8) is 0 Å². The summed E-state index contributed by atoms with van der Waals surface area (Å²) in [6.45, 7) is 1.93. The Morgan fingerprint density at radius 2 is 2.11 bits per heavy atom. The molecule has 0 radical (unpaired) electrons. The van der Waals surface area contributed by atoms with Gasteiger partial charge in [-0.2, -0.15) is 0 Å². The van der Waals surface area contributed by atoms with Crippen molar-refractivity contribution < 1.29 is 13.2 Å². The molecule has 0 aliphatic carbocycles. The van der Waals surface area contributed by atoms with Gasteiger partial charge in [-0.1, -0.05) is 6.07 Å². The van der Waals surface area contributed by atoms with Crippen LogP contribution in [0.1, 0.15) is 12.5 Å². The Balaban J connectivity index is 1.57. The Kier molecular flexibility index (Phi) is 4.72. The summed E-state index contributed by atoms with van der Waals surface area (Å²) in [5.41, 5.74) is 4.43. The van der Waals surface area contributed by atoms with Crippen LogP contribution in [0.3, 0.4) is 0 Å². The number of nitrogens with one attached hydrogen (secondary N) is 1. The molecule has 4 rings (SSSR count). The van der Waals surface area contributed by atoms with E-state index in [1.807, 2.05) is 36.6 Å². The maximum atomic E-state index is 12.1. The van der Waals surface area contributed by atoms with E-state index in [0.29, 0.717) is 12.3 Å². The molecule has 1 aliphatic heterocycles. The van der Waals surface area contributed by atoms with Gasteiger partial charge in [0.25, 0.3) is 0 Å². The number of nitrogens with zero attached hydrogens (tertiary/aromatic N) is 3. The van der Waals surface area contributed by atoms with Crippen molar-refractivity contribution in [2.75, 3.05) is 23.0 Å². The molecule has 0 saturated heterocycles. The molecule has 3 aromatic rings. The Bertz CT molecular complexity index is 1110. The first kappa shape index (κ1) is 18.7. The third kappa shape index (κ3) is 3.55. The third-order valence-corrected chi connectivity index (χ3v) is 6.62. The van der Waals surface area contributed by atoms with Gasteiger partial charge in [0.15, 0.2) is 5.13 Å². The lowest BCUT2D eigenvalue weighted by atomic mass is 10.1. The van der Waals surface area contributed by atoms with Crippen molar-refractivity contribution >= 4 is 37.9 Å². The number of fused-ring (bicyclic) bond motifs is 1. The van der Waals surface area contributed by atoms with E-state index in [0.717, 1.165) is 33.3 Å². The molecule has 0 amide bonds. The molecule has 1 atom stereocenters. The number of hydrogen-bond donors (Lipinski definition) is 1. The van der Waals surface area contributed by atoms with E-state index in [1.54, 1.807) is 19.4 Å². The fourth-order valence-corrected chi connectivity index (χ4v) is 5.43. The van der Waals surface area contributed by atoms with Gasteiger partial charge in [0.05, 0.1) is 36.6 Å². The molecule has 0 bridgehead atoms. The monoisotopic (exact) mass is 416 g/mol. The first-order valence-electron chi connectivity index (χ1n) is 8.70. The smallest absolute Gasteiger partial charge is 0.232 e. The van der Waals surface area contributed by atoms with Gasteiger partial charge in [-0.3, -0.25) is 4.31 Å². The van der Waals surface area contributed by atoms with Crippen LogP contribution in [0, 0.1) is 0 Å². The van der Waals surface area contributed by atoms with Gasteiger partial charge >= 0.3 is 0 Å². The highest BCUT2D eigenvalue weighted by atomic mass is 32.2. The Labute approximate surface area is 168 Å². The number of anilines is 3. The predicted molar refractivity (Wildman–Crippen MR) is 112 cm³/mol. The Morgan fingerprint density at radius 3 is 2.79 bits per heavy atom. The highest BCUT2D eigenvalue weighted by Crippen LogP contribution is 2.37. The van der Waals surface area contributed by atoms with Crippen LogP contribution in [-0.4, -0.2) is 37.8 Å². The van der Waals surface area contributed by atoms with Crippen molar-refractivity contribution in [3.05, 3.63) is 47.5 Å². The zero-order chi connectivity index (χ0) is 19.9. The summed E-state index contributed by atoms with van der Waals surface area (Å²) < 4.78 is 30.7. The number of rotatable bonds is 5. The molecular weight excluding hydrogens is 396 g/mol. The number of pyridine rings is 1. The molecule has 2 aromatic heterocycles. The average molecular weight is 417 g/mol. The first-order valence-corrected chi connectivity index (χ1v) is 11.4. The van der Waals surface area contributed by atoms with Gasteiger partial charge in [-0.15, -0.1) is 11.3 Å². The van der Waals surface area contributed by atoms with E-state index in [9.17, 15) is 8.42 Å². The summed E-state index contributed by atoms with van der Waals surface area (Å²) in [4.78, 5) is 8.82. The van der Waals surface area contributed by atoms with Crippen molar-refractivity contribution in [2.24, 2.45) is 0 Å². The van der Waals surface area contributed by atoms with E-state index < -0.39 is 10.0 Å². The predicted octanol–water partition coefficient (Wildman–Crippen LogP) is 3.67. The highest BCUT2D eigenvalue weighted by molar-refractivity contribution is 7.92. The normalized spacial score (nSPS) is 16.1. The lowest BCUT2D eigenvalue weighted by molar-refractivity contribution is 0.398. The third-order valence-electron chi connectivity index (χ3n) is 4.59. The van der Waals surface area contributed by atoms with Gasteiger partial charge in [-0.05, 0) is 37.1 Å². The number of sulfonamides is 1. The highest BCUT2D eigenvalue weighted by Gasteiger charge is 2.32. The van der Waals surface area contributed by atoms with Gasteiger partial charge in [-0.25, -0.2) is 18.4 Å². The number of methoxy groups -OCH3 is 1. The van der Waals surface area contributed by atoms with Gasteiger partial charge in [0.2, 0.25) is 15.9 Å². The number of ether oxygens (including phenoxy) is 1. The molecule has 1 aromatic carbocycles. The Morgan fingerprint density at radius 1 is 1.29 bits per heavy atom. The van der Waals surface area contributed by atoms with Gasteiger partial charge in [0.1, 0.15) is 0 Å². The summed E-state index contributed by atoms with van der Waals surface area (Å²) in [5.74, 6) is 0.556. The molecular formula is C19H20N4O3S2. The molecule has 1 aliphatic rings. The zero-order valence-electron chi connectivity index (χ0n) is 15.7. The van der Waals surface area contributed by atoms with Crippen LogP contribution < -0.4 is 14.4 Å². The molecule has 28 heavy (non-hydrogen) atoms. The second kappa shape index (κ2) is 7.06. The molecule has 9 heteroatoms. The molecule has 3 heterocycles. The summed E-state index contributed by atoms with van der Waals surface area (Å²) in [6, 6.07) is 9.41. The Hall–Kier alpha value is -2.65. The largest absolute Gasteiger partial charge is 0.481 e. The molecule has 1 unspecified atom stereocenters. The van der Waals surface area contributed by atoms with Crippen LogP contribution >= 0.6 is 11.3 Å². The van der Waals surface area contributed by atoms with E-state index in [1.165, 1.54) is 21.9 Å². The number of benzene rings is 1. The molecule has 0 fully saturated rings. The fraction of sp³-hybridized carbons (Fsp3) is 0.263. The van der Waals surface area contributed by atoms with E-state index >= 15 is 0 Å². The molecule has 146 valence electrons. The SMILES string of the molecule is COc1ccc(Nc2nc(-c3ccc4c(c3)CC(C)N4S(C)(=O)=O)cs2)cn1.